The van der Waals surface area contributed by atoms with Crippen LogP contribution in [0, 0.1) is 0 Å². The molecule has 0 unspecified atom stereocenters. The number of carbonyl (C=O) groups is 2. The molecule has 2 atom stereocenters. The Morgan fingerprint density at radius 1 is 1.42 bits per heavy atom. The maximum atomic E-state index is 11.1. The lowest BCUT2D eigenvalue weighted by Crippen LogP contribution is -2.47. The Kier molecular flexibility index (Phi) is 3.69. The van der Waals surface area contributed by atoms with Gasteiger partial charge >= 0.3 is 5.97 Å². The fourth-order valence-corrected chi connectivity index (χ4v) is 0.678. The van der Waals surface area contributed by atoms with Gasteiger partial charge in [-0.3, -0.25) is 4.79 Å². The molecule has 0 saturated heterocycles. The van der Waals surface area contributed by atoms with Crippen molar-refractivity contribution in [1.82, 2.24) is 4.90 Å². The molecule has 1 amide bonds. The summed E-state index contributed by atoms with van der Waals surface area (Å²) >= 11 is 0. The first-order valence-corrected chi connectivity index (χ1v) is 3.63. The Hall–Kier alpha value is -1.10. The number of carbonyl (C=O) groups excluding carboxylic acids is 1. The van der Waals surface area contributed by atoms with E-state index in [2.05, 4.69) is 0 Å². The first-order valence-electron chi connectivity index (χ1n) is 3.63. The number of aliphatic carboxylic acids is 1. The highest BCUT2D eigenvalue weighted by Gasteiger charge is 2.23. The number of hydrogen-bond donors (Lipinski definition) is 2. The van der Waals surface area contributed by atoms with Crippen LogP contribution >= 0.6 is 0 Å². The van der Waals surface area contributed by atoms with Gasteiger partial charge in [0.2, 0.25) is 5.91 Å². The molecule has 0 aromatic heterocycles. The number of nitrogens with two attached hydrogens (primary N) is 1. The van der Waals surface area contributed by atoms with Crippen molar-refractivity contribution >= 4 is 11.9 Å². The van der Waals surface area contributed by atoms with Crippen molar-refractivity contribution in [2.45, 2.75) is 25.9 Å². The number of hydrogen-bond acceptors (Lipinski definition) is 3. The predicted octanol–water partition coefficient (Wildman–Crippen LogP) is -0.735. The molecule has 0 rings (SSSR count). The number of rotatable bonds is 3. The van der Waals surface area contributed by atoms with E-state index in [1.165, 1.54) is 20.9 Å². The minimum absolute atomic E-state index is 0.370. The van der Waals surface area contributed by atoms with E-state index in [1.54, 1.807) is 0 Å². The lowest BCUT2D eigenvalue weighted by molar-refractivity contribution is -0.148. The van der Waals surface area contributed by atoms with Gasteiger partial charge in [0.1, 0.15) is 6.04 Å². The minimum Gasteiger partial charge on any atom is -0.480 e. The highest BCUT2D eigenvalue weighted by Crippen LogP contribution is 1.97. The molecule has 0 saturated carbocycles. The molecule has 0 aliphatic carbocycles. The van der Waals surface area contributed by atoms with Crippen LogP contribution in [0.4, 0.5) is 0 Å². The molecule has 0 aromatic rings. The van der Waals surface area contributed by atoms with Crippen molar-refractivity contribution in [3.63, 3.8) is 0 Å². The van der Waals surface area contributed by atoms with E-state index in [1.807, 2.05) is 0 Å². The second-order valence-corrected chi connectivity index (χ2v) is 2.75. The molecular formula is C7H14N2O3. The summed E-state index contributed by atoms with van der Waals surface area (Å²) in [6.45, 7) is 2.95. The number of carboxylic acid groups (broad SMARTS) is 1. The van der Waals surface area contributed by atoms with Gasteiger partial charge in [-0.05, 0) is 13.8 Å². The lowest BCUT2D eigenvalue weighted by Gasteiger charge is -2.22. The Morgan fingerprint density at radius 2 is 1.83 bits per heavy atom. The smallest absolute Gasteiger partial charge is 0.326 e. The van der Waals surface area contributed by atoms with Crippen molar-refractivity contribution < 1.29 is 14.7 Å². The standard InChI is InChI=1S/C7H14N2O3/c1-4(8)6(10)9(3)5(2)7(11)12/h4-5H,8H2,1-3H3,(H,11,12)/t4-,5-/m1/s1. The Bertz CT molecular complexity index is 191. The first-order chi connectivity index (χ1) is 5.37. The highest BCUT2D eigenvalue weighted by molar-refractivity contribution is 5.86. The second-order valence-electron chi connectivity index (χ2n) is 2.75. The van der Waals surface area contributed by atoms with Gasteiger partial charge in [0.05, 0.1) is 6.04 Å². The van der Waals surface area contributed by atoms with Crippen molar-refractivity contribution in [1.29, 1.82) is 0 Å². The molecular weight excluding hydrogens is 160 g/mol. The summed E-state index contributed by atoms with van der Waals surface area (Å²) in [4.78, 5) is 22.7. The molecule has 0 radical (unpaired) electrons. The van der Waals surface area contributed by atoms with Gasteiger partial charge in [-0.1, -0.05) is 0 Å². The summed E-state index contributed by atoms with van der Waals surface area (Å²) in [7, 11) is 1.42. The van der Waals surface area contributed by atoms with Crippen LogP contribution in [-0.4, -0.2) is 41.0 Å². The van der Waals surface area contributed by atoms with Crippen LogP contribution < -0.4 is 5.73 Å². The van der Waals surface area contributed by atoms with E-state index in [0.717, 1.165) is 4.90 Å². The molecule has 0 bridgehead atoms. The van der Waals surface area contributed by atoms with Crippen molar-refractivity contribution in [3.05, 3.63) is 0 Å². The van der Waals surface area contributed by atoms with Crippen molar-refractivity contribution in [2.75, 3.05) is 7.05 Å². The fraction of sp³-hybridized carbons (Fsp3) is 0.714. The molecule has 12 heavy (non-hydrogen) atoms. The molecule has 0 aromatic carbocycles. The van der Waals surface area contributed by atoms with Crippen LogP contribution in [0.15, 0.2) is 0 Å². The van der Waals surface area contributed by atoms with Crippen LogP contribution in [0.25, 0.3) is 0 Å². The average molecular weight is 174 g/mol. The molecule has 3 N–H and O–H groups in total. The van der Waals surface area contributed by atoms with Gasteiger partial charge in [-0.15, -0.1) is 0 Å². The van der Waals surface area contributed by atoms with Crippen LogP contribution in [0.1, 0.15) is 13.8 Å². The third-order valence-electron chi connectivity index (χ3n) is 1.68. The third kappa shape index (κ3) is 2.50. The fourth-order valence-electron chi connectivity index (χ4n) is 0.678. The summed E-state index contributed by atoms with van der Waals surface area (Å²) < 4.78 is 0. The molecule has 0 heterocycles. The maximum absolute atomic E-state index is 11.1. The van der Waals surface area contributed by atoms with Gasteiger partial charge < -0.3 is 15.7 Å². The van der Waals surface area contributed by atoms with E-state index < -0.39 is 18.1 Å². The van der Waals surface area contributed by atoms with Gasteiger partial charge in [0.25, 0.3) is 0 Å². The topological polar surface area (TPSA) is 83.6 Å². The quantitative estimate of drug-likeness (QED) is 0.590. The Balaban J connectivity index is 4.29. The van der Waals surface area contributed by atoms with Gasteiger partial charge in [0, 0.05) is 7.05 Å². The summed E-state index contributed by atoms with van der Waals surface area (Å²) in [5.41, 5.74) is 5.29. The van der Waals surface area contributed by atoms with E-state index >= 15 is 0 Å². The summed E-state index contributed by atoms with van der Waals surface area (Å²) in [6.07, 6.45) is 0. The molecule has 0 aliphatic heterocycles. The largest absolute Gasteiger partial charge is 0.480 e. The van der Waals surface area contributed by atoms with Crippen LogP contribution in [0.2, 0.25) is 0 Å². The monoisotopic (exact) mass is 174 g/mol. The summed E-state index contributed by atoms with van der Waals surface area (Å²) in [5.74, 6) is -1.41. The first kappa shape index (κ1) is 10.9. The summed E-state index contributed by atoms with van der Waals surface area (Å²) in [6, 6.07) is -1.49. The molecule has 5 nitrogen and oxygen atoms in total. The third-order valence-corrected chi connectivity index (χ3v) is 1.68. The second kappa shape index (κ2) is 4.06. The van der Waals surface area contributed by atoms with Gasteiger partial charge in [-0.25, -0.2) is 4.79 Å². The normalized spacial score (nSPS) is 15.0. The van der Waals surface area contributed by atoms with Gasteiger partial charge in [0.15, 0.2) is 0 Å². The van der Waals surface area contributed by atoms with E-state index in [9.17, 15) is 9.59 Å². The predicted molar refractivity (Wildman–Crippen MR) is 43.5 cm³/mol. The summed E-state index contributed by atoms with van der Waals surface area (Å²) in [5, 5.41) is 8.55. The molecule has 0 aliphatic rings. The van der Waals surface area contributed by atoms with Crippen LogP contribution in [0.5, 0.6) is 0 Å². The Labute approximate surface area is 71.1 Å². The number of amides is 1. The van der Waals surface area contributed by atoms with E-state index in [-0.39, 0.29) is 5.91 Å². The molecule has 0 fully saturated rings. The number of likely N-dealkylation sites (N-methyl/N-ethyl adjacent to an activating group) is 1. The molecule has 5 heteroatoms. The van der Waals surface area contributed by atoms with Crippen LogP contribution in [-0.2, 0) is 9.59 Å². The average Bonchev–Trinajstić information content (AvgIpc) is 2.00. The molecule has 70 valence electrons. The zero-order chi connectivity index (χ0) is 9.89. The minimum atomic E-state index is -1.04. The van der Waals surface area contributed by atoms with Crippen LogP contribution in [0.3, 0.4) is 0 Å². The van der Waals surface area contributed by atoms with E-state index in [0.29, 0.717) is 0 Å². The Morgan fingerprint density at radius 3 is 2.08 bits per heavy atom. The SMILES string of the molecule is C[C@H](C(=O)O)N(C)C(=O)[C@@H](C)N. The highest BCUT2D eigenvalue weighted by atomic mass is 16.4. The van der Waals surface area contributed by atoms with Crippen molar-refractivity contribution in [2.24, 2.45) is 5.73 Å². The zero-order valence-electron chi connectivity index (χ0n) is 7.44. The number of carboxylic acids is 1. The van der Waals surface area contributed by atoms with Crippen molar-refractivity contribution in [3.8, 4) is 0 Å². The lowest BCUT2D eigenvalue weighted by atomic mass is 10.2. The van der Waals surface area contributed by atoms with Gasteiger partial charge in [-0.2, -0.15) is 0 Å². The zero-order valence-corrected chi connectivity index (χ0v) is 7.44. The maximum Gasteiger partial charge on any atom is 0.326 e. The molecule has 0 spiro atoms. The van der Waals surface area contributed by atoms with E-state index in [4.69, 9.17) is 10.8 Å². The number of nitrogens with zero attached hydrogens (tertiary/aromatic N) is 1.